The Morgan fingerprint density at radius 2 is 1.92 bits per heavy atom. The van der Waals surface area contributed by atoms with Crippen LogP contribution >= 0.6 is 11.6 Å². The number of pyridine rings is 1. The SMILES string of the molecule is CC1(Cc2ccc(Cl)cc2)CCN(c2cc(-c3ccncc3)[nH]n2)C1=O. The number of nitrogens with one attached hydrogen (secondary N) is 1. The number of aromatic nitrogens is 3. The number of rotatable bonds is 4. The lowest BCUT2D eigenvalue weighted by Crippen LogP contribution is -2.34. The number of aromatic amines is 1. The highest BCUT2D eigenvalue weighted by molar-refractivity contribution is 6.30. The zero-order chi connectivity index (χ0) is 18.1. The van der Waals surface area contributed by atoms with E-state index < -0.39 is 5.41 Å². The van der Waals surface area contributed by atoms with Gasteiger partial charge in [0.25, 0.3) is 0 Å². The van der Waals surface area contributed by atoms with Crippen molar-refractivity contribution < 1.29 is 4.79 Å². The summed E-state index contributed by atoms with van der Waals surface area (Å²) in [5.74, 6) is 0.780. The third-order valence-corrected chi connectivity index (χ3v) is 5.24. The Balaban J connectivity index is 1.54. The molecule has 0 radical (unpaired) electrons. The molecule has 1 amide bonds. The Morgan fingerprint density at radius 1 is 1.19 bits per heavy atom. The maximum Gasteiger partial charge on any atom is 0.234 e. The number of hydrogen-bond donors (Lipinski definition) is 1. The number of anilines is 1. The van der Waals surface area contributed by atoms with Crippen molar-refractivity contribution in [1.29, 1.82) is 0 Å². The van der Waals surface area contributed by atoms with Gasteiger partial charge in [-0.15, -0.1) is 0 Å². The molecular weight excluding hydrogens is 348 g/mol. The number of nitrogens with zero attached hydrogens (tertiary/aromatic N) is 3. The molecule has 3 heterocycles. The first-order valence-corrected chi connectivity index (χ1v) is 8.95. The lowest BCUT2D eigenvalue weighted by atomic mass is 9.82. The lowest BCUT2D eigenvalue weighted by Gasteiger charge is -2.22. The Kier molecular flexibility index (Phi) is 4.24. The molecule has 1 unspecified atom stereocenters. The van der Waals surface area contributed by atoms with Crippen LogP contribution in [0.4, 0.5) is 5.82 Å². The number of hydrogen-bond acceptors (Lipinski definition) is 3. The van der Waals surface area contributed by atoms with Gasteiger partial charge in [-0.25, -0.2) is 0 Å². The maximum absolute atomic E-state index is 13.1. The highest BCUT2D eigenvalue weighted by atomic mass is 35.5. The maximum atomic E-state index is 13.1. The molecule has 1 atom stereocenters. The summed E-state index contributed by atoms with van der Waals surface area (Å²) in [5, 5.41) is 8.07. The summed E-state index contributed by atoms with van der Waals surface area (Å²) in [4.78, 5) is 18.9. The molecule has 6 heteroatoms. The van der Waals surface area contributed by atoms with Crippen molar-refractivity contribution in [1.82, 2.24) is 15.2 Å². The summed E-state index contributed by atoms with van der Waals surface area (Å²) in [7, 11) is 0. The fourth-order valence-electron chi connectivity index (χ4n) is 3.46. The van der Waals surface area contributed by atoms with E-state index in [0.29, 0.717) is 23.8 Å². The molecule has 3 aromatic rings. The van der Waals surface area contributed by atoms with Crippen molar-refractivity contribution in [3.63, 3.8) is 0 Å². The predicted molar refractivity (Wildman–Crippen MR) is 102 cm³/mol. The molecule has 5 nitrogen and oxygen atoms in total. The predicted octanol–water partition coefficient (Wildman–Crippen LogP) is 4.11. The van der Waals surface area contributed by atoms with Crippen LogP contribution in [0.15, 0.2) is 54.9 Å². The minimum Gasteiger partial charge on any atom is -0.295 e. The van der Waals surface area contributed by atoms with Gasteiger partial charge in [-0.05, 0) is 42.7 Å². The summed E-state index contributed by atoms with van der Waals surface area (Å²) in [6.45, 7) is 2.70. The second kappa shape index (κ2) is 6.57. The number of halogens is 1. The quantitative estimate of drug-likeness (QED) is 0.755. The van der Waals surface area contributed by atoms with Crippen LogP contribution in [0.3, 0.4) is 0 Å². The van der Waals surface area contributed by atoms with Crippen molar-refractivity contribution in [2.45, 2.75) is 19.8 Å². The summed E-state index contributed by atoms with van der Waals surface area (Å²) < 4.78 is 0. The van der Waals surface area contributed by atoms with Crippen molar-refractivity contribution in [3.05, 3.63) is 65.4 Å². The average molecular weight is 367 g/mol. The molecule has 1 fully saturated rings. The topological polar surface area (TPSA) is 61.9 Å². The van der Waals surface area contributed by atoms with E-state index in [0.717, 1.165) is 23.2 Å². The molecule has 132 valence electrons. The second-order valence-corrected chi connectivity index (χ2v) is 7.38. The highest BCUT2D eigenvalue weighted by Crippen LogP contribution is 2.37. The Morgan fingerprint density at radius 3 is 2.65 bits per heavy atom. The zero-order valence-corrected chi connectivity index (χ0v) is 15.2. The van der Waals surface area contributed by atoms with Gasteiger partial charge >= 0.3 is 0 Å². The molecule has 26 heavy (non-hydrogen) atoms. The summed E-state index contributed by atoms with van der Waals surface area (Å²) >= 11 is 5.96. The summed E-state index contributed by atoms with van der Waals surface area (Å²) in [5.41, 5.74) is 2.56. The standard InChI is InChI=1S/C20H19ClN4O/c1-20(13-14-2-4-16(21)5-3-14)8-11-25(19(20)26)18-12-17(23-24-18)15-6-9-22-10-7-15/h2-7,9-10,12H,8,11,13H2,1H3,(H,23,24). The van der Waals surface area contributed by atoms with Crippen LogP contribution in [-0.2, 0) is 11.2 Å². The van der Waals surface area contributed by atoms with Crippen molar-refractivity contribution in [2.24, 2.45) is 5.41 Å². The van der Waals surface area contributed by atoms with Gasteiger partial charge in [-0.2, -0.15) is 5.10 Å². The first-order chi connectivity index (χ1) is 12.5. The van der Waals surface area contributed by atoms with E-state index in [1.807, 2.05) is 49.4 Å². The third-order valence-electron chi connectivity index (χ3n) is 4.99. The normalized spacial score (nSPS) is 19.9. The van der Waals surface area contributed by atoms with E-state index in [1.54, 1.807) is 17.3 Å². The molecule has 1 aliphatic heterocycles. The lowest BCUT2D eigenvalue weighted by molar-refractivity contribution is -0.124. The van der Waals surface area contributed by atoms with Gasteiger partial charge in [0.2, 0.25) is 5.91 Å². The molecule has 1 N–H and O–H groups in total. The van der Waals surface area contributed by atoms with Crippen LogP contribution < -0.4 is 4.90 Å². The Labute approximate surface area is 157 Å². The molecule has 0 saturated carbocycles. The van der Waals surface area contributed by atoms with Crippen LogP contribution in [0.1, 0.15) is 18.9 Å². The van der Waals surface area contributed by atoms with Gasteiger partial charge in [-0.1, -0.05) is 30.7 Å². The molecular formula is C20H19ClN4O. The van der Waals surface area contributed by atoms with Crippen molar-refractivity contribution in [3.8, 4) is 11.3 Å². The van der Waals surface area contributed by atoms with E-state index in [2.05, 4.69) is 15.2 Å². The number of benzene rings is 1. The fourth-order valence-corrected chi connectivity index (χ4v) is 3.58. The minimum absolute atomic E-state index is 0.111. The molecule has 0 aliphatic carbocycles. The average Bonchev–Trinajstić information content (AvgIpc) is 3.24. The Bertz CT molecular complexity index is 922. The summed E-state index contributed by atoms with van der Waals surface area (Å²) in [6, 6.07) is 13.4. The Hall–Kier alpha value is -2.66. The van der Waals surface area contributed by atoms with Crippen LogP contribution in [0.2, 0.25) is 5.02 Å². The largest absolute Gasteiger partial charge is 0.295 e. The molecule has 4 rings (SSSR count). The molecule has 1 aromatic carbocycles. The zero-order valence-electron chi connectivity index (χ0n) is 14.4. The van der Waals surface area contributed by atoms with Gasteiger partial charge in [0, 0.05) is 35.6 Å². The van der Waals surface area contributed by atoms with E-state index >= 15 is 0 Å². The smallest absolute Gasteiger partial charge is 0.234 e. The first-order valence-electron chi connectivity index (χ1n) is 8.57. The molecule has 1 aliphatic rings. The molecule has 2 aromatic heterocycles. The van der Waals surface area contributed by atoms with Crippen LogP contribution in [0.25, 0.3) is 11.3 Å². The van der Waals surface area contributed by atoms with Crippen molar-refractivity contribution in [2.75, 3.05) is 11.4 Å². The van der Waals surface area contributed by atoms with Gasteiger partial charge in [0.1, 0.15) is 0 Å². The van der Waals surface area contributed by atoms with E-state index in [-0.39, 0.29) is 5.91 Å². The molecule has 0 bridgehead atoms. The monoisotopic (exact) mass is 366 g/mol. The highest BCUT2D eigenvalue weighted by Gasteiger charge is 2.43. The van der Waals surface area contributed by atoms with Crippen LogP contribution in [0, 0.1) is 5.41 Å². The number of carbonyl (C=O) groups is 1. The van der Waals surface area contributed by atoms with E-state index in [4.69, 9.17) is 11.6 Å². The molecule has 0 spiro atoms. The van der Waals surface area contributed by atoms with E-state index in [1.165, 1.54) is 0 Å². The third kappa shape index (κ3) is 3.10. The van der Waals surface area contributed by atoms with Gasteiger partial charge < -0.3 is 0 Å². The number of H-pyrrole nitrogens is 1. The first kappa shape index (κ1) is 16.8. The minimum atomic E-state index is -0.427. The van der Waals surface area contributed by atoms with Gasteiger partial charge in [-0.3, -0.25) is 19.8 Å². The second-order valence-electron chi connectivity index (χ2n) is 6.95. The van der Waals surface area contributed by atoms with Gasteiger partial charge in [0.15, 0.2) is 5.82 Å². The number of amides is 1. The van der Waals surface area contributed by atoms with Crippen LogP contribution in [-0.4, -0.2) is 27.6 Å². The van der Waals surface area contributed by atoms with Crippen LogP contribution in [0.5, 0.6) is 0 Å². The van der Waals surface area contributed by atoms with E-state index in [9.17, 15) is 4.79 Å². The van der Waals surface area contributed by atoms with Crippen molar-refractivity contribution >= 4 is 23.3 Å². The molecule has 1 saturated heterocycles. The summed E-state index contributed by atoms with van der Waals surface area (Å²) in [6.07, 6.45) is 4.97. The van der Waals surface area contributed by atoms with Gasteiger partial charge in [0.05, 0.1) is 11.1 Å². The number of carbonyl (C=O) groups excluding carboxylic acids is 1. The fraction of sp³-hybridized carbons (Fsp3) is 0.250.